The third-order valence-electron chi connectivity index (χ3n) is 2.34. The Morgan fingerprint density at radius 2 is 1.85 bits per heavy atom. The molecule has 0 atom stereocenters. The van der Waals surface area contributed by atoms with Crippen LogP contribution in [-0.2, 0) is 6.18 Å². The zero-order valence-electron chi connectivity index (χ0n) is 9.79. The molecule has 0 aliphatic carbocycles. The number of halogens is 3. The molecule has 0 N–H and O–H groups in total. The van der Waals surface area contributed by atoms with Gasteiger partial charge in [0.15, 0.2) is 0 Å². The molecule has 2 aromatic rings. The maximum absolute atomic E-state index is 12.4. The molecular formula is C12H7F3N2O2S. The van der Waals surface area contributed by atoms with E-state index in [2.05, 4.69) is 4.98 Å². The van der Waals surface area contributed by atoms with Crippen LogP contribution in [0.3, 0.4) is 0 Å². The molecule has 20 heavy (non-hydrogen) atoms. The molecule has 1 aromatic carbocycles. The molecule has 0 saturated carbocycles. The van der Waals surface area contributed by atoms with Crippen molar-refractivity contribution >= 4 is 17.4 Å². The number of hydrogen-bond acceptors (Lipinski definition) is 4. The molecule has 0 aliphatic rings. The second-order valence-electron chi connectivity index (χ2n) is 3.71. The summed E-state index contributed by atoms with van der Waals surface area (Å²) in [6, 6.07) is 8.05. The van der Waals surface area contributed by atoms with Gasteiger partial charge in [-0.1, -0.05) is 23.9 Å². The number of benzene rings is 1. The topological polar surface area (TPSA) is 56.0 Å². The molecule has 0 saturated heterocycles. The lowest BCUT2D eigenvalue weighted by Crippen LogP contribution is -2.05. The number of rotatable bonds is 3. The molecular weight excluding hydrogens is 293 g/mol. The second-order valence-corrected chi connectivity index (χ2v) is 4.77. The molecule has 1 heterocycles. The number of hydrogen-bond donors (Lipinski definition) is 0. The Labute approximate surface area is 115 Å². The van der Waals surface area contributed by atoms with Crippen molar-refractivity contribution in [3.63, 3.8) is 0 Å². The molecule has 4 nitrogen and oxygen atoms in total. The summed E-state index contributed by atoms with van der Waals surface area (Å²) < 4.78 is 37.1. The van der Waals surface area contributed by atoms with E-state index in [-0.39, 0.29) is 10.7 Å². The maximum Gasteiger partial charge on any atom is 0.417 e. The molecule has 0 radical (unpaired) electrons. The fourth-order valence-corrected chi connectivity index (χ4v) is 2.28. The Morgan fingerprint density at radius 3 is 2.40 bits per heavy atom. The summed E-state index contributed by atoms with van der Waals surface area (Å²) in [7, 11) is 0. The summed E-state index contributed by atoms with van der Waals surface area (Å²) in [5.74, 6) is 0. The number of alkyl halides is 3. The summed E-state index contributed by atoms with van der Waals surface area (Å²) in [6.45, 7) is 0. The van der Waals surface area contributed by atoms with Crippen LogP contribution in [0.25, 0.3) is 0 Å². The van der Waals surface area contributed by atoms with Crippen LogP contribution in [0.4, 0.5) is 18.9 Å². The Hall–Kier alpha value is -2.09. The van der Waals surface area contributed by atoms with Gasteiger partial charge in [0.05, 0.1) is 15.4 Å². The van der Waals surface area contributed by atoms with Crippen molar-refractivity contribution in [3.8, 4) is 0 Å². The van der Waals surface area contributed by atoms with Gasteiger partial charge >= 0.3 is 6.18 Å². The monoisotopic (exact) mass is 300 g/mol. The average Bonchev–Trinajstić information content (AvgIpc) is 2.38. The predicted octanol–water partition coefficient (Wildman–Crippen LogP) is 4.16. The number of nitro benzene ring substituents is 1. The molecule has 104 valence electrons. The fourth-order valence-electron chi connectivity index (χ4n) is 1.42. The Bertz CT molecular complexity index is 629. The van der Waals surface area contributed by atoms with Crippen LogP contribution in [0.1, 0.15) is 5.56 Å². The number of pyridine rings is 1. The van der Waals surface area contributed by atoms with Crippen LogP contribution in [0.15, 0.2) is 52.5 Å². The van der Waals surface area contributed by atoms with Crippen LogP contribution < -0.4 is 0 Å². The van der Waals surface area contributed by atoms with Gasteiger partial charge in [-0.3, -0.25) is 10.1 Å². The minimum atomic E-state index is -4.45. The second kappa shape index (κ2) is 5.49. The van der Waals surface area contributed by atoms with Gasteiger partial charge < -0.3 is 0 Å². The van der Waals surface area contributed by atoms with E-state index in [4.69, 9.17) is 0 Å². The van der Waals surface area contributed by atoms with Gasteiger partial charge in [0.1, 0.15) is 5.03 Å². The van der Waals surface area contributed by atoms with Crippen LogP contribution >= 0.6 is 11.8 Å². The average molecular weight is 300 g/mol. The lowest BCUT2D eigenvalue weighted by atomic mass is 10.3. The lowest BCUT2D eigenvalue weighted by Gasteiger charge is -2.06. The van der Waals surface area contributed by atoms with E-state index in [9.17, 15) is 23.3 Å². The molecule has 0 bridgehead atoms. The predicted molar refractivity (Wildman–Crippen MR) is 66.5 cm³/mol. The third-order valence-corrected chi connectivity index (χ3v) is 3.36. The molecule has 1 aromatic heterocycles. The summed E-state index contributed by atoms with van der Waals surface area (Å²) in [5, 5.41) is 11.1. The standard InChI is InChI=1S/C12H7F3N2O2S/c13-12(14,15)8-5-6-11(16-7-8)20-10-4-2-1-3-9(10)17(18)19/h1-7H. The van der Waals surface area contributed by atoms with Crippen molar-refractivity contribution in [1.82, 2.24) is 4.98 Å². The summed E-state index contributed by atoms with van der Waals surface area (Å²) in [4.78, 5) is 14.3. The Kier molecular flexibility index (Phi) is 3.93. The SMILES string of the molecule is O=[N+]([O-])c1ccccc1Sc1ccc(C(F)(F)F)cn1. The summed E-state index contributed by atoms with van der Waals surface area (Å²) in [6.07, 6.45) is -3.74. The molecule has 0 amide bonds. The molecule has 0 aliphatic heterocycles. The van der Waals surface area contributed by atoms with E-state index < -0.39 is 16.7 Å². The van der Waals surface area contributed by atoms with Crippen LogP contribution in [0, 0.1) is 10.1 Å². The minimum absolute atomic E-state index is 0.112. The Morgan fingerprint density at radius 1 is 1.15 bits per heavy atom. The number of aromatic nitrogens is 1. The van der Waals surface area contributed by atoms with Crippen molar-refractivity contribution in [2.45, 2.75) is 16.1 Å². The van der Waals surface area contributed by atoms with Crippen molar-refractivity contribution < 1.29 is 18.1 Å². The van der Waals surface area contributed by atoms with Crippen molar-refractivity contribution in [2.75, 3.05) is 0 Å². The zero-order chi connectivity index (χ0) is 14.8. The minimum Gasteiger partial charge on any atom is -0.258 e. The van der Waals surface area contributed by atoms with Gasteiger partial charge in [0, 0.05) is 12.3 Å². The van der Waals surface area contributed by atoms with Gasteiger partial charge in [-0.15, -0.1) is 0 Å². The van der Waals surface area contributed by atoms with Gasteiger partial charge in [-0.25, -0.2) is 4.98 Å². The normalized spacial score (nSPS) is 11.3. The first-order valence-electron chi connectivity index (χ1n) is 5.32. The van der Waals surface area contributed by atoms with E-state index in [1.54, 1.807) is 6.07 Å². The van der Waals surface area contributed by atoms with Gasteiger partial charge in [-0.2, -0.15) is 13.2 Å². The highest BCUT2D eigenvalue weighted by atomic mass is 32.2. The maximum atomic E-state index is 12.4. The summed E-state index contributed by atoms with van der Waals surface area (Å²) in [5.41, 5.74) is -0.969. The smallest absolute Gasteiger partial charge is 0.258 e. The Balaban J connectivity index is 2.25. The fraction of sp³-hybridized carbons (Fsp3) is 0.0833. The van der Waals surface area contributed by atoms with E-state index in [1.807, 2.05) is 0 Å². The first-order chi connectivity index (χ1) is 9.38. The van der Waals surface area contributed by atoms with Crippen LogP contribution in [0.5, 0.6) is 0 Å². The zero-order valence-corrected chi connectivity index (χ0v) is 10.6. The van der Waals surface area contributed by atoms with E-state index >= 15 is 0 Å². The third kappa shape index (κ3) is 3.27. The molecule has 0 unspecified atom stereocenters. The van der Waals surface area contributed by atoms with E-state index in [0.29, 0.717) is 11.1 Å². The largest absolute Gasteiger partial charge is 0.417 e. The van der Waals surface area contributed by atoms with Crippen molar-refractivity contribution in [2.24, 2.45) is 0 Å². The highest BCUT2D eigenvalue weighted by Crippen LogP contribution is 2.35. The summed E-state index contributed by atoms with van der Waals surface area (Å²) >= 11 is 0.942. The number of nitrogens with zero attached hydrogens (tertiary/aromatic N) is 2. The van der Waals surface area contributed by atoms with Gasteiger partial charge in [0.25, 0.3) is 5.69 Å². The molecule has 0 fully saturated rings. The van der Waals surface area contributed by atoms with E-state index in [1.165, 1.54) is 24.3 Å². The molecule has 8 heteroatoms. The van der Waals surface area contributed by atoms with Crippen LogP contribution in [-0.4, -0.2) is 9.91 Å². The van der Waals surface area contributed by atoms with Crippen molar-refractivity contribution in [1.29, 1.82) is 0 Å². The number of para-hydroxylation sites is 1. The lowest BCUT2D eigenvalue weighted by molar-refractivity contribution is -0.387. The van der Waals surface area contributed by atoms with Gasteiger partial charge in [0.2, 0.25) is 0 Å². The van der Waals surface area contributed by atoms with Crippen molar-refractivity contribution in [3.05, 3.63) is 58.3 Å². The first-order valence-corrected chi connectivity index (χ1v) is 6.14. The molecule has 2 rings (SSSR count). The van der Waals surface area contributed by atoms with Crippen LogP contribution in [0.2, 0.25) is 0 Å². The highest BCUT2D eigenvalue weighted by Gasteiger charge is 2.30. The van der Waals surface area contributed by atoms with Gasteiger partial charge in [-0.05, 0) is 18.2 Å². The quantitative estimate of drug-likeness (QED) is 0.631. The molecule has 0 spiro atoms. The first kappa shape index (κ1) is 14.3. The highest BCUT2D eigenvalue weighted by molar-refractivity contribution is 7.99. The number of nitro groups is 1. The van der Waals surface area contributed by atoms with E-state index in [0.717, 1.165) is 17.8 Å².